The van der Waals surface area contributed by atoms with Gasteiger partial charge in [0.2, 0.25) is 5.91 Å². The average Bonchev–Trinajstić information content (AvgIpc) is 2.86. The van der Waals surface area contributed by atoms with Crippen molar-refractivity contribution in [2.75, 3.05) is 33.4 Å². The number of nitro groups is 1. The lowest BCUT2D eigenvalue weighted by Crippen LogP contribution is -2.55. The second kappa shape index (κ2) is 6.35. The van der Waals surface area contributed by atoms with E-state index in [2.05, 4.69) is 5.32 Å². The van der Waals surface area contributed by atoms with Crippen molar-refractivity contribution in [2.24, 2.45) is 5.92 Å². The van der Waals surface area contributed by atoms with Gasteiger partial charge in [-0.2, -0.15) is 0 Å². The molecule has 1 N–H and O–H groups in total. The number of nitrogens with one attached hydrogen (secondary N) is 1. The second-order valence-electron chi connectivity index (χ2n) is 4.59. The van der Waals surface area contributed by atoms with Crippen LogP contribution < -0.4 is 5.32 Å². The Balaban J connectivity index is 1.81. The molecule has 2 amide bonds. The summed E-state index contributed by atoms with van der Waals surface area (Å²) in [6.45, 7) is 1.39. The molecule has 0 unspecified atom stereocenters. The molecule has 0 radical (unpaired) electrons. The number of hydrogen-bond acceptors (Lipinski definition) is 6. The van der Waals surface area contributed by atoms with E-state index in [1.165, 1.54) is 11.0 Å². The molecular formula is C12H15N3O6. The summed E-state index contributed by atoms with van der Waals surface area (Å²) in [4.78, 5) is 34.8. The molecule has 0 aromatic carbocycles. The molecule has 0 bridgehead atoms. The zero-order chi connectivity index (χ0) is 15.4. The van der Waals surface area contributed by atoms with E-state index in [1.807, 2.05) is 0 Å². The van der Waals surface area contributed by atoms with E-state index in [0.717, 1.165) is 6.07 Å². The Morgan fingerprint density at radius 3 is 2.81 bits per heavy atom. The number of amides is 2. The van der Waals surface area contributed by atoms with Gasteiger partial charge in [0.25, 0.3) is 5.91 Å². The SMILES string of the molecule is COCCNC(=O)C1CN(C(=O)c2ccc([N+](=O)[O-])o2)C1. The average molecular weight is 297 g/mol. The van der Waals surface area contributed by atoms with E-state index < -0.39 is 16.7 Å². The van der Waals surface area contributed by atoms with Crippen LogP contribution in [0.1, 0.15) is 10.6 Å². The van der Waals surface area contributed by atoms with Crippen LogP contribution >= 0.6 is 0 Å². The van der Waals surface area contributed by atoms with Crippen LogP contribution in [0.3, 0.4) is 0 Å². The van der Waals surface area contributed by atoms with E-state index in [0.29, 0.717) is 13.2 Å². The Morgan fingerprint density at radius 2 is 2.24 bits per heavy atom. The van der Waals surface area contributed by atoms with E-state index >= 15 is 0 Å². The Morgan fingerprint density at radius 1 is 1.52 bits per heavy atom. The summed E-state index contributed by atoms with van der Waals surface area (Å²) in [6, 6.07) is 2.38. The highest BCUT2D eigenvalue weighted by atomic mass is 16.6. The number of ether oxygens (including phenoxy) is 1. The van der Waals surface area contributed by atoms with Gasteiger partial charge in [0.1, 0.15) is 4.92 Å². The van der Waals surface area contributed by atoms with Crippen LogP contribution in [0, 0.1) is 16.0 Å². The molecule has 0 saturated carbocycles. The third-order valence-electron chi connectivity index (χ3n) is 3.13. The molecule has 2 rings (SSSR count). The molecule has 1 aromatic heterocycles. The van der Waals surface area contributed by atoms with E-state index in [-0.39, 0.29) is 30.7 Å². The maximum absolute atomic E-state index is 11.9. The second-order valence-corrected chi connectivity index (χ2v) is 4.59. The topological polar surface area (TPSA) is 115 Å². The Kier molecular flexibility index (Phi) is 4.53. The highest BCUT2D eigenvalue weighted by Crippen LogP contribution is 2.22. The fourth-order valence-electron chi connectivity index (χ4n) is 1.93. The highest BCUT2D eigenvalue weighted by molar-refractivity contribution is 5.94. The maximum Gasteiger partial charge on any atom is 0.433 e. The normalized spacial score (nSPS) is 14.6. The van der Waals surface area contributed by atoms with Crippen molar-refractivity contribution >= 4 is 17.7 Å². The molecule has 1 saturated heterocycles. The van der Waals surface area contributed by atoms with Gasteiger partial charge in [-0.25, -0.2) is 0 Å². The maximum atomic E-state index is 11.9. The summed E-state index contributed by atoms with van der Waals surface area (Å²) in [6.07, 6.45) is 0. The summed E-state index contributed by atoms with van der Waals surface area (Å²) in [5.74, 6) is -1.44. The molecule has 1 aliphatic rings. The first-order valence-corrected chi connectivity index (χ1v) is 6.33. The molecule has 1 aliphatic heterocycles. The molecule has 114 valence electrons. The third-order valence-corrected chi connectivity index (χ3v) is 3.13. The number of nitrogens with zero attached hydrogens (tertiary/aromatic N) is 2. The molecule has 1 fully saturated rings. The summed E-state index contributed by atoms with van der Waals surface area (Å²) >= 11 is 0. The Bertz CT molecular complexity index is 549. The van der Waals surface area contributed by atoms with Crippen LogP contribution in [0.5, 0.6) is 0 Å². The number of carbonyl (C=O) groups excluding carboxylic acids is 2. The van der Waals surface area contributed by atoms with Gasteiger partial charge >= 0.3 is 5.88 Å². The first-order valence-electron chi connectivity index (χ1n) is 6.33. The van der Waals surface area contributed by atoms with Crippen LogP contribution in [0.25, 0.3) is 0 Å². The molecule has 0 atom stereocenters. The van der Waals surface area contributed by atoms with Crippen molar-refractivity contribution < 1.29 is 23.7 Å². The van der Waals surface area contributed by atoms with Gasteiger partial charge in [0.05, 0.1) is 18.6 Å². The van der Waals surface area contributed by atoms with Gasteiger partial charge in [-0.3, -0.25) is 19.7 Å². The smallest absolute Gasteiger partial charge is 0.395 e. The highest BCUT2D eigenvalue weighted by Gasteiger charge is 2.37. The molecule has 0 spiro atoms. The van der Waals surface area contributed by atoms with Gasteiger partial charge in [-0.15, -0.1) is 0 Å². The molecule has 9 heteroatoms. The molecular weight excluding hydrogens is 282 g/mol. The van der Waals surface area contributed by atoms with E-state index in [1.54, 1.807) is 7.11 Å². The minimum absolute atomic E-state index is 0.0973. The monoisotopic (exact) mass is 297 g/mol. The largest absolute Gasteiger partial charge is 0.433 e. The van der Waals surface area contributed by atoms with Crippen LogP contribution in [-0.4, -0.2) is 55.0 Å². The lowest BCUT2D eigenvalue weighted by atomic mass is 9.99. The predicted octanol–water partition coefficient (Wildman–Crippen LogP) is 0.0224. The first kappa shape index (κ1) is 15.0. The summed E-state index contributed by atoms with van der Waals surface area (Å²) in [7, 11) is 1.54. The number of furan rings is 1. The zero-order valence-electron chi connectivity index (χ0n) is 11.4. The van der Waals surface area contributed by atoms with E-state index in [9.17, 15) is 19.7 Å². The summed E-state index contributed by atoms with van der Waals surface area (Å²) in [5, 5.41) is 13.2. The number of carbonyl (C=O) groups is 2. The van der Waals surface area contributed by atoms with Crippen LogP contribution in [-0.2, 0) is 9.53 Å². The van der Waals surface area contributed by atoms with Gasteiger partial charge in [-0.1, -0.05) is 0 Å². The summed E-state index contributed by atoms with van der Waals surface area (Å²) < 4.78 is 9.65. The standard InChI is InChI=1S/C12H15N3O6/c1-20-5-4-13-11(16)8-6-14(7-8)12(17)9-2-3-10(21-9)15(18)19/h2-3,8H,4-7H2,1H3,(H,13,16). The van der Waals surface area contributed by atoms with Crippen molar-refractivity contribution in [3.05, 3.63) is 28.0 Å². The van der Waals surface area contributed by atoms with Crippen LogP contribution in [0.2, 0.25) is 0 Å². The quantitative estimate of drug-likeness (QED) is 0.450. The van der Waals surface area contributed by atoms with Crippen molar-refractivity contribution in [1.29, 1.82) is 0 Å². The lowest BCUT2D eigenvalue weighted by Gasteiger charge is -2.37. The Hall–Kier alpha value is -2.42. The molecule has 0 aliphatic carbocycles. The summed E-state index contributed by atoms with van der Waals surface area (Å²) in [5.41, 5.74) is 0. The molecule has 1 aromatic rings. The van der Waals surface area contributed by atoms with Gasteiger partial charge < -0.3 is 19.4 Å². The van der Waals surface area contributed by atoms with Gasteiger partial charge in [0.15, 0.2) is 5.76 Å². The van der Waals surface area contributed by atoms with Crippen LogP contribution in [0.4, 0.5) is 5.88 Å². The predicted molar refractivity (Wildman–Crippen MR) is 69.6 cm³/mol. The minimum atomic E-state index is -0.709. The van der Waals surface area contributed by atoms with Crippen molar-refractivity contribution in [3.8, 4) is 0 Å². The first-order chi connectivity index (χ1) is 10.0. The zero-order valence-corrected chi connectivity index (χ0v) is 11.4. The lowest BCUT2D eigenvalue weighted by molar-refractivity contribution is -0.402. The molecule has 2 heterocycles. The number of rotatable bonds is 6. The third kappa shape index (κ3) is 3.37. The molecule has 21 heavy (non-hydrogen) atoms. The minimum Gasteiger partial charge on any atom is -0.395 e. The van der Waals surface area contributed by atoms with Crippen molar-refractivity contribution in [1.82, 2.24) is 10.2 Å². The van der Waals surface area contributed by atoms with Crippen molar-refractivity contribution in [3.63, 3.8) is 0 Å². The fraction of sp³-hybridized carbons (Fsp3) is 0.500. The van der Waals surface area contributed by atoms with Crippen molar-refractivity contribution in [2.45, 2.75) is 0 Å². The number of hydrogen-bond donors (Lipinski definition) is 1. The number of likely N-dealkylation sites (tertiary alicyclic amines) is 1. The van der Waals surface area contributed by atoms with Crippen LogP contribution in [0.15, 0.2) is 16.5 Å². The molecule has 9 nitrogen and oxygen atoms in total. The van der Waals surface area contributed by atoms with Gasteiger partial charge in [0, 0.05) is 26.7 Å². The Labute approximate surface area is 120 Å². The van der Waals surface area contributed by atoms with E-state index in [4.69, 9.17) is 9.15 Å². The number of methoxy groups -OCH3 is 1. The fourth-order valence-corrected chi connectivity index (χ4v) is 1.93. The van der Waals surface area contributed by atoms with Gasteiger partial charge in [-0.05, 0) is 6.07 Å².